The molecule has 0 bridgehead atoms. The van der Waals surface area contributed by atoms with Crippen LogP contribution in [0.5, 0.6) is 0 Å². The fourth-order valence-corrected chi connectivity index (χ4v) is 3.16. The van der Waals surface area contributed by atoms with Gasteiger partial charge in [0.1, 0.15) is 5.82 Å². The number of hydrogen-bond donors (Lipinski definition) is 2. The Morgan fingerprint density at radius 2 is 1.67 bits per heavy atom. The van der Waals surface area contributed by atoms with Crippen molar-refractivity contribution in [2.45, 2.75) is 31.7 Å². The van der Waals surface area contributed by atoms with E-state index >= 15 is 0 Å². The minimum Gasteiger partial charge on any atom is -0.353 e. The number of nitrogens with zero attached hydrogens (tertiary/aromatic N) is 1. The summed E-state index contributed by atoms with van der Waals surface area (Å²) in [5.74, 6) is -0.280. The largest absolute Gasteiger partial charge is 0.353 e. The van der Waals surface area contributed by atoms with Crippen molar-refractivity contribution in [1.82, 2.24) is 10.2 Å². The summed E-state index contributed by atoms with van der Waals surface area (Å²) in [6, 6.07) is 15.6. The molecule has 0 unspecified atom stereocenters. The van der Waals surface area contributed by atoms with Crippen molar-refractivity contribution in [2.24, 2.45) is 0 Å². The lowest BCUT2D eigenvalue weighted by atomic mass is 10.0. The van der Waals surface area contributed by atoms with Crippen LogP contribution in [-0.2, 0) is 11.2 Å². The van der Waals surface area contributed by atoms with E-state index < -0.39 is 0 Å². The number of benzene rings is 2. The second kappa shape index (κ2) is 9.16. The number of amides is 3. The number of anilines is 1. The van der Waals surface area contributed by atoms with Gasteiger partial charge in [0.2, 0.25) is 5.91 Å². The van der Waals surface area contributed by atoms with Crippen molar-refractivity contribution in [3.63, 3.8) is 0 Å². The molecule has 142 valence electrons. The second-order valence-corrected chi connectivity index (χ2v) is 6.75. The number of likely N-dealkylation sites (tertiary alicyclic amines) is 1. The number of urea groups is 1. The monoisotopic (exact) mass is 369 g/mol. The molecule has 1 fully saturated rings. The molecule has 0 aromatic heterocycles. The highest BCUT2D eigenvalue weighted by molar-refractivity contribution is 5.89. The third-order valence-electron chi connectivity index (χ3n) is 4.73. The summed E-state index contributed by atoms with van der Waals surface area (Å²) < 4.78 is 12.9. The summed E-state index contributed by atoms with van der Waals surface area (Å²) in [5.41, 5.74) is 1.72. The van der Waals surface area contributed by atoms with Crippen molar-refractivity contribution in [3.8, 4) is 0 Å². The summed E-state index contributed by atoms with van der Waals surface area (Å²) in [6.07, 6.45) is 2.44. The fourth-order valence-electron chi connectivity index (χ4n) is 3.16. The van der Waals surface area contributed by atoms with Crippen molar-refractivity contribution in [1.29, 1.82) is 0 Å². The minimum absolute atomic E-state index is 0.00786. The number of nitrogens with one attached hydrogen (secondary N) is 2. The van der Waals surface area contributed by atoms with E-state index in [1.54, 1.807) is 17.0 Å². The molecule has 1 heterocycles. The summed E-state index contributed by atoms with van der Waals surface area (Å²) in [5, 5.41) is 5.92. The van der Waals surface area contributed by atoms with Gasteiger partial charge in [0.05, 0.1) is 0 Å². The molecular formula is C21H24FN3O2. The zero-order valence-corrected chi connectivity index (χ0v) is 15.2. The molecule has 1 aliphatic rings. The smallest absolute Gasteiger partial charge is 0.321 e. The van der Waals surface area contributed by atoms with E-state index in [9.17, 15) is 14.0 Å². The van der Waals surface area contributed by atoms with E-state index in [0.29, 0.717) is 25.9 Å². The lowest BCUT2D eigenvalue weighted by Gasteiger charge is -2.32. The molecule has 0 saturated carbocycles. The number of aryl methyl sites for hydroxylation is 1. The Labute approximate surface area is 158 Å². The summed E-state index contributed by atoms with van der Waals surface area (Å²) in [4.78, 5) is 26.2. The molecule has 27 heavy (non-hydrogen) atoms. The van der Waals surface area contributed by atoms with Crippen LogP contribution in [-0.4, -0.2) is 36.0 Å². The van der Waals surface area contributed by atoms with Crippen LogP contribution in [0.3, 0.4) is 0 Å². The molecule has 0 spiro atoms. The predicted octanol–water partition coefficient (Wildman–Crippen LogP) is 3.57. The van der Waals surface area contributed by atoms with Crippen LogP contribution in [0.4, 0.5) is 14.9 Å². The normalized spacial score (nSPS) is 14.6. The molecule has 6 heteroatoms. The predicted molar refractivity (Wildman–Crippen MR) is 103 cm³/mol. The molecule has 3 rings (SSSR count). The van der Waals surface area contributed by atoms with Crippen LogP contribution in [0.2, 0.25) is 0 Å². The highest BCUT2D eigenvalue weighted by Gasteiger charge is 2.23. The van der Waals surface area contributed by atoms with Crippen molar-refractivity contribution in [2.75, 3.05) is 18.4 Å². The number of piperidine rings is 1. The summed E-state index contributed by atoms with van der Waals surface area (Å²) >= 11 is 0. The zero-order chi connectivity index (χ0) is 19.1. The molecule has 0 radical (unpaired) electrons. The molecule has 2 aromatic rings. The average molecular weight is 369 g/mol. The van der Waals surface area contributed by atoms with Crippen molar-refractivity contribution < 1.29 is 14.0 Å². The van der Waals surface area contributed by atoms with Gasteiger partial charge in [-0.2, -0.15) is 0 Å². The molecule has 0 aliphatic carbocycles. The van der Waals surface area contributed by atoms with Crippen LogP contribution >= 0.6 is 0 Å². The van der Waals surface area contributed by atoms with E-state index in [0.717, 1.165) is 24.1 Å². The van der Waals surface area contributed by atoms with Crippen LogP contribution in [0.15, 0.2) is 54.6 Å². The number of rotatable bonds is 5. The maximum Gasteiger partial charge on any atom is 0.321 e. The SMILES string of the molecule is O=C(CCc1ccc(F)cc1)NC1CCN(C(=O)Nc2ccccc2)CC1. The molecule has 3 amide bonds. The van der Waals surface area contributed by atoms with Gasteiger partial charge in [-0.05, 0) is 49.1 Å². The quantitative estimate of drug-likeness (QED) is 0.846. The van der Waals surface area contributed by atoms with E-state index in [1.165, 1.54) is 12.1 Å². The third-order valence-corrected chi connectivity index (χ3v) is 4.73. The second-order valence-electron chi connectivity index (χ2n) is 6.75. The van der Waals surface area contributed by atoms with Gasteiger partial charge in [-0.1, -0.05) is 30.3 Å². The Kier molecular flexibility index (Phi) is 6.41. The van der Waals surface area contributed by atoms with Gasteiger partial charge in [-0.3, -0.25) is 4.79 Å². The van der Waals surface area contributed by atoms with Gasteiger partial charge in [0.15, 0.2) is 0 Å². The Balaban J connectivity index is 1.38. The van der Waals surface area contributed by atoms with Crippen molar-refractivity contribution >= 4 is 17.6 Å². The minimum atomic E-state index is -0.272. The average Bonchev–Trinajstić information content (AvgIpc) is 2.69. The Bertz CT molecular complexity index is 757. The Morgan fingerprint density at radius 1 is 1.00 bits per heavy atom. The summed E-state index contributed by atoms with van der Waals surface area (Å²) in [6.45, 7) is 1.23. The van der Waals surface area contributed by atoms with E-state index in [2.05, 4.69) is 10.6 Å². The topological polar surface area (TPSA) is 61.4 Å². The van der Waals surface area contributed by atoms with Crippen molar-refractivity contribution in [3.05, 3.63) is 66.0 Å². The van der Waals surface area contributed by atoms with E-state index in [1.807, 2.05) is 30.3 Å². The fraction of sp³-hybridized carbons (Fsp3) is 0.333. The van der Waals surface area contributed by atoms with Crippen LogP contribution < -0.4 is 10.6 Å². The van der Waals surface area contributed by atoms with Crippen LogP contribution in [0, 0.1) is 5.82 Å². The highest BCUT2D eigenvalue weighted by atomic mass is 19.1. The number of para-hydroxylation sites is 1. The van der Waals surface area contributed by atoms with Gasteiger partial charge in [0, 0.05) is 31.2 Å². The van der Waals surface area contributed by atoms with Gasteiger partial charge in [-0.25, -0.2) is 9.18 Å². The number of halogens is 1. The standard InChI is InChI=1S/C21H24FN3O2/c22-17-9-6-16(7-10-17)8-11-20(26)23-19-12-14-25(15-13-19)21(27)24-18-4-2-1-3-5-18/h1-7,9-10,19H,8,11-15H2,(H,23,26)(H,24,27). The molecular weight excluding hydrogens is 345 g/mol. The van der Waals surface area contributed by atoms with Crippen LogP contribution in [0.1, 0.15) is 24.8 Å². The highest BCUT2D eigenvalue weighted by Crippen LogP contribution is 2.14. The molecule has 1 aliphatic heterocycles. The number of hydrogen-bond acceptors (Lipinski definition) is 2. The zero-order valence-electron chi connectivity index (χ0n) is 15.2. The Morgan fingerprint density at radius 3 is 2.33 bits per heavy atom. The first-order valence-corrected chi connectivity index (χ1v) is 9.25. The number of carbonyl (C=O) groups excluding carboxylic acids is 2. The Hall–Kier alpha value is -2.89. The summed E-state index contributed by atoms with van der Waals surface area (Å²) in [7, 11) is 0. The third kappa shape index (κ3) is 5.81. The van der Waals surface area contributed by atoms with Gasteiger partial charge in [0.25, 0.3) is 0 Å². The van der Waals surface area contributed by atoms with Crippen LogP contribution in [0.25, 0.3) is 0 Å². The first-order valence-electron chi connectivity index (χ1n) is 9.25. The lowest BCUT2D eigenvalue weighted by molar-refractivity contribution is -0.122. The van der Waals surface area contributed by atoms with Gasteiger partial charge < -0.3 is 15.5 Å². The maximum atomic E-state index is 12.9. The number of carbonyl (C=O) groups is 2. The van der Waals surface area contributed by atoms with E-state index in [-0.39, 0.29) is 23.8 Å². The first kappa shape index (κ1) is 18.9. The maximum absolute atomic E-state index is 12.9. The molecule has 5 nitrogen and oxygen atoms in total. The molecule has 2 aromatic carbocycles. The molecule has 1 saturated heterocycles. The molecule has 0 atom stereocenters. The van der Waals surface area contributed by atoms with Gasteiger partial charge in [-0.15, -0.1) is 0 Å². The first-order chi connectivity index (χ1) is 13.1. The molecule has 2 N–H and O–H groups in total. The van der Waals surface area contributed by atoms with E-state index in [4.69, 9.17) is 0 Å². The lowest BCUT2D eigenvalue weighted by Crippen LogP contribution is -2.47. The van der Waals surface area contributed by atoms with Gasteiger partial charge >= 0.3 is 6.03 Å².